The molecule has 12 nitrogen and oxygen atoms in total. The molecule has 4 saturated heterocycles. The molecule has 0 aromatic heterocycles. The lowest BCUT2D eigenvalue weighted by Gasteiger charge is -2.48. The second kappa shape index (κ2) is 16.9. The summed E-state index contributed by atoms with van der Waals surface area (Å²) in [6.07, 6.45) is -3.47. The van der Waals surface area contributed by atoms with Crippen LogP contribution in [0, 0.1) is 23.7 Å². The first-order chi connectivity index (χ1) is 26.1. The number of hydrogen-bond acceptors (Lipinski definition) is 12. The van der Waals surface area contributed by atoms with Crippen LogP contribution in [-0.2, 0) is 49.5 Å². The van der Waals surface area contributed by atoms with Crippen molar-refractivity contribution in [3.63, 3.8) is 0 Å². The number of benzene rings is 2. The number of carbonyl (C=O) groups is 2. The first-order valence-electron chi connectivity index (χ1n) is 20.0. The Kier molecular flexibility index (Phi) is 12.8. The summed E-state index contributed by atoms with van der Waals surface area (Å²) in [6, 6.07) is 14.1. The summed E-state index contributed by atoms with van der Waals surface area (Å²) in [5, 5.41) is 18.4. The Balaban J connectivity index is 1.39. The Morgan fingerprint density at radius 1 is 0.964 bits per heavy atom. The maximum absolute atomic E-state index is 14.2. The Hall–Kier alpha value is -2.97. The molecule has 0 spiro atoms. The number of nitrogens with zero attached hydrogens (tertiary/aromatic N) is 2. The van der Waals surface area contributed by atoms with E-state index < -0.39 is 71.7 Å². The number of ether oxygens (including phenoxy) is 6. The summed E-state index contributed by atoms with van der Waals surface area (Å²) in [5.74, 6) is -2.52. The van der Waals surface area contributed by atoms with Crippen LogP contribution in [0.2, 0.25) is 0 Å². The van der Waals surface area contributed by atoms with E-state index >= 15 is 0 Å². The zero-order valence-corrected chi connectivity index (χ0v) is 34.2. The Morgan fingerprint density at radius 2 is 1.69 bits per heavy atom. The van der Waals surface area contributed by atoms with Gasteiger partial charge in [0.2, 0.25) is 0 Å². The van der Waals surface area contributed by atoms with Gasteiger partial charge in [0.1, 0.15) is 24.5 Å². The van der Waals surface area contributed by atoms with Crippen molar-refractivity contribution in [3.8, 4) is 0 Å². The minimum absolute atomic E-state index is 0.0289. The van der Waals surface area contributed by atoms with E-state index in [2.05, 4.69) is 36.3 Å². The molecule has 2 aromatic rings. The highest BCUT2D eigenvalue weighted by Gasteiger charge is 2.58. The molecule has 4 aliphatic heterocycles. The predicted molar refractivity (Wildman–Crippen MR) is 207 cm³/mol. The second-order valence-corrected chi connectivity index (χ2v) is 17.1. The molecule has 3 unspecified atom stereocenters. The minimum Gasteiger partial charge on any atom is -0.459 e. The quantitative estimate of drug-likeness (QED) is 0.275. The number of Topliss-reactive ketones (excluding diaryl/α,β-unsaturated/α-hetero) is 1. The minimum atomic E-state index is -1.30. The number of likely N-dealkylation sites (N-methyl/N-ethyl adjacent to an activating group) is 1. The lowest BCUT2D eigenvalue weighted by Crippen LogP contribution is -2.59. The molecule has 4 fully saturated rings. The molecule has 0 saturated carbocycles. The van der Waals surface area contributed by atoms with Crippen molar-refractivity contribution in [1.29, 1.82) is 0 Å². The summed E-state index contributed by atoms with van der Waals surface area (Å²) < 4.78 is 39.8. The van der Waals surface area contributed by atoms with Gasteiger partial charge in [0.15, 0.2) is 17.7 Å². The smallest absolute Gasteiger partial charge is 0.311 e. The third kappa shape index (κ3) is 8.51. The van der Waals surface area contributed by atoms with Crippen molar-refractivity contribution in [3.05, 3.63) is 48.0 Å². The number of cyclic esters (lactones) is 1. The topological polar surface area (TPSA) is 135 Å². The third-order valence-electron chi connectivity index (χ3n) is 12.6. The van der Waals surface area contributed by atoms with Crippen LogP contribution in [0.5, 0.6) is 0 Å². The molecule has 4 bridgehead atoms. The monoisotopic (exact) mass is 766 g/mol. The van der Waals surface area contributed by atoms with Crippen LogP contribution in [0.1, 0.15) is 80.2 Å². The summed E-state index contributed by atoms with van der Waals surface area (Å²) in [4.78, 5) is 36.1. The van der Waals surface area contributed by atoms with E-state index in [1.807, 2.05) is 71.8 Å². The number of fused-ring (bicyclic) bond motifs is 6. The number of oxime groups is 1. The fourth-order valence-electron chi connectivity index (χ4n) is 9.48. The van der Waals surface area contributed by atoms with Gasteiger partial charge in [-0.15, -0.1) is 0 Å². The van der Waals surface area contributed by atoms with Gasteiger partial charge in [0.25, 0.3) is 0 Å². The Bertz CT molecular complexity index is 1700. The molecule has 304 valence electrons. The highest BCUT2D eigenvalue weighted by Crippen LogP contribution is 2.45. The zero-order chi connectivity index (χ0) is 39.8. The lowest BCUT2D eigenvalue weighted by molar-refractivity contribution is -0.302. The number of ketones is 1. The molecule has 0 amide bonds. The van der Waals surface area contributed by atoms with Gasteiger partial charge in [-0.3, -0.25) is 9.59 Å². The van der Waals surface area contributed by atoms with Gasteiger partial charge in [-0.05, 0) is 89.4 Å². The molecule has 0 aliphatic carbocycles. The number of rotatable bonds is 7. The van der Waals surface area contributed by atoms with E-state index in [-0.39, 0.29) is 43.7 Å². The lowest BCUT2D eigenvalue weighted by atomic mass is 9.75. The molecule has 4 heterocycles. The van der Waals surface area contributed by atoms with Crippen LogP contribution >= 0.6 is 0 Å². The average Bonchev–Trinajstić information content (AvgIpc) is 3.41. The van der Waals surface area contributed by atoms with Gasteiger partial charge in [0.05, 0.1) is 49.1 Å². The van der Waals surface area contributed by atoms with Crippen LogP contribution in [0.3, 0.4) is 0 Å². The van der Waals surface area contributed by atoms with Crippen LogP contribution in [0.25, 0.3) is 10.8 Å². The van der Waals surface area contributed by atoms with Gasteiger partial charge < -0.3 is 43.3 Å². The summed E-state index contributed by atoms with van der Waals surface area (Å²) in [7, 11) is 3.87. The fourth-order valence-corrected chi connectivity index (χ4v) is 9.48. The largest absolute Gasteiger partial charge is 0.459 e. The highest BCUT2D eigenvalue weighted by molar-refractivity contribution is 5.92. The van der Waals surface area contributed by atoms with E-state index in [9.17, 15) is 14.7 Å². The highest BCUT2D eigenvalue weighted by atomic mass is 16.7. The maximum Gasteiger partial charge on any atom is 0.311 e. The van der Waals surface area contributed by atoms with E-state index in [1.165, 1.54) is 0 Å². The van der Waals surface area contributed by atoms with Gasteiger partial charge in [-0.2, -0.15) is 0 Å². The van der Waals surface area contributed by atoms with Gasteiger partial charge >= 0.3 is 5.97 Å². The van der Waals surface area contributed by atoms with E-state index in [1.54, 1.807) is 13.8 Å². The molecule has 12 heteroatoms. The molecule has 1 N–H and O–H groups in total. The number of aliphatic hydroxyl groups is 1. The SMILES string of the molecule is CC[C@H]1OC(=O)[C@H](C)[C@H]2OC/C(=N\OCc3ccc4ccccc4c3)CO[C@](C)(C[C@@H](C)C3OC1(C)C(=O)C3C)[C@H](O[C@@H]1O[C@H](C)C[C@H](N(C)C)[C@H]1O)[C@@H]2C. The summed E-state index contributed by atoms with van der Waals surface area (Å²) in [5.41, 5.74) is -0.914. The molecule has 14 atom stereocenters. The number of esters is 1. The van der Waals surface area contributed by atoms with Crippen molar-refractivity contribution in [2.75, 3.05) is 27.3 Å². The fraction of sp³-hybridized carbons (Fsp3) is 0.698. The summed E-state index contributed by atoms with van der Waals surface area (Å²) in [6.45, 7) is 15.6. The molecule has 55 heavy (non-hydrogen) atoms. The van der Waals surface area contributed by atoms with Crippen LogP contribution in [-0.4, -0.2) is 115 Å². The molecule has 4 aliphatic rings. The van der Waals surface area contributed by atoms with Gasteiger partial charge in [-0.25, -0.2) is 0 Å². The van der Waals surface area contributed by atoms with Crippen molar-refractivity contribution in [1.82, 2.24) is 4.90 Å². The van der Waals surface area contributed by atoms with Gasteiger partial charge in [-0.1, -0.05) is 69.2 Å². The van der Waals surface area contributed by atoms with E-state index in [0.29, 0.717) is 25.0 Å². The standard InChI is InChI=1S/C43H62N2O10/c1-11-34-43(8)38(47)26(4)36(55-43)24(2)20-42(7)39(54-41-35(46)33(45(9)10)18-25(3)52-41)27(5)37(28(6)40(48)53-34)49-22-32(23-50-42)44-51-21-29-16-17-30-14-12-13-15-31(30)19-29/h12-17,19,24-28,33-37,39,41,46H,11,18,20-23H2,1-10H3/b44-32+/t24-,25-,26?,27-,28-,33+,34-,35-,36?,37+,39-,41+,42-,43?/m1/s1. The van der Waals surface area contributed by atoms with Crippen molar-refractivity contribution < 1.29 is 48.0 Å². The van der Waals surface area contributed by atoms with Crippen LogP contribution < -0.4 is 0 Å². The van der Waals surface area contributed by atoms with E-state index in [0.717, 1.165) is 16.3 Å². The molecule has 2 aromatic carbocycles. The predicted octanol–water partition coefficient (Wildman–Crippen LogP) is 5.69. The van der Waals surface area contributed by atoms with Crippen molar-refractivity contribution in [2.45, 2.75) is 141 Å². The second-order valence-electron chi connectivity index (χ2n) is 17.1. The van der Waals surface area contributed by atoms with E-state index in [4.69, 9.17) is 33.3 Å². The Labute approximate surface area is 326 Å². The number of aliphatic hydroxyl groups excluding tert-OH is 1. The maximum atomic E-state index is 14.2. The van der Waals surface area contributed by atoms with Crippen molar-refractivity contribution >= 4 is 28.2 Å². The van der Waals surface area contributed by atoms with Crippen LogP contribution in [0.4, 0.5) is 0 Å². The normalized spacial score (nSPS) is 41.2. The molecular weight excluding hydrogens is 704 g/mol. The summed E-state index contributed by atoms with van der Waals surface area (Å²) >= 11 is 0. The van der Waals surface area contributed by atoms with Crippen molar-refractivity contribution in [2.24, 2.45) is 28.8 Å². The first kappa shape index (κ1) is 41.7. The average molecular weight is 767 g/mol. The molecular formula is C43H62N2O10. The third-order valence-corrected chi connectivity index (χ3v) is 12.6. The van der Waals surface area contributed by atoms with Crippen LogP contribution in [0.15, 0.2) is 47.6 Å². The number of hydrogen-bond donors (Lipinski definition) is 1. The first-order valence-corrected chi connectivity index (χ1v) is 20.0. The Morgan fingerprint density at radius 3 is 2.40 bits per heavy atom. The number of carbonyl (C=O) groups excluding carboxylic acids is 2. The molecule has 6 rings (SSSR count). The zero-order valence-electron chi connectivity index (χ0n) is 34.2. The van der Waals surface area contributed by atoms with Gasteiger partial charge in [0, 0.05) is 17.9 Å². The molecule has 0 radical (unpaired) electrons.